The fourth-order valence-corrected chi connectivity index (χ4v) is 3.11. The first kappa shape index (κ1) is 16.8. The van der Waals surface area contributed by atoms with Crippen molar-refractivity contribution in [2.75, 3.05) is 39.3 Å². The van der Waals surface area contributed by atoms with Crippen molar-refractivity contribution < 1.29 is 14.4 Å². The van der Waals surface area contributed by atoms with Crippen LogP contribution in [-0.2, 0) is 14.4 Å². The fourth-order valence-electron chi connectivity index (χ4n) is 3.11. The Morgan fingerprint density at radius 1 is 0.909 bits per heavy atom. The van der Waals surface area contributed by atoms with Crippen molar-refractivity contribution in [2.45, 2.75) is 33.6 Å². The molecule has 2 saturated heterocycles. The molecule has 0 aromatic carbocycles. The molecule has 0 aromatic rings. The Balaban J connectivity index is 1.83. The number of carbonyl (C=O) groups excluding carboxylic acids is 3. The van der Waals surface area contributed by atoms with Crippen LogP contribution >= 0.6 is 0 Å². The van der Waals surface area contributed by atoms with Crippen LogP contribution in [0.1, 0.15) is 33.6 Å². The molecule has 0 aromatic heterocycles. The topological polar surface area (TPSA) is 60.9 Å². The van der Waals surface area contributed by atoms with Crippen LogP contribution in [0.25, 0.3) is 0 Å². The van der Waals surface area contributed by atoms with Gasteiger partial charge in [-0.15, -0.1) is 0 Å². The molecule has 6 heteroatoms. The maximum atomic E-state index is 12.5. The molecular weight excluding hydrogens is 282 g/mol. The van der Waals surface area contributed by atoms with Crippen LogP contribution in [0, 0.1) is 11.3 Å². The standard InChI is InChI=1S/C16H27N3O3/c1-16(2,3)15(22)19-6-4-13(5-7-19)14(21)18-10-8-17(12-20)9-11-18/h12-13H,4-11H2,1-3H3. The molecule has 0 N–H and O–H groups in total. The van der Waals surface area contributed by atoms with Gasteiger partial charge < -0.3 is 14.7 Å². The molecule has 3 amide bonds. The van der Waals surface area contributed by atoms with E-state index in [-0.39, 0.29) is 23.1 Å². The van der Waals surface area contributed by atoms with E-state index in [1.54, 1.807) is 4.90 Å². The third kappa shape index (κ3) is 3.78. The highest BCUT2D eigenvalue weighted by atomic mass is 16.2. The molecule has 6 nitrogen and oxygen atoms in total. The van der Waals surface area contributed by atoms with Crippen LogP contribution in [0.15, 0.2) is 0 Å². The first-order valence-electron chi connectivity index (χ1n) is 8.10. The minimum absolute atomic E-state index is 0.0202. The fraction of sp³-hybridized carbons (Fsp3) is 0.812. The Hall–Kier alpha value is -1.59. The number of piperazine rings is 1. The first-order chi connectivity index (χ1) is 10.3. The summed E-state index contributed by atoms with van der Waals surface area (Å²) in [5.41, 5.74) is -0.359. The van der Waals surface area contributed by atoms with Crippen molar-refractivity contribution in [1.82, 2.24) is 14.7 Å². The minimum atomic E-state index is -0.359. The van der Waals surface area contributed by atoms with Gasteiger partial charge in [0.2, 0.25) is 18.2 Å². The van der Waals surface area contributed by atoms with E-state index in [2.05, 4.69) is 0 Å². The van der Waals surface area contributed by atoms with Gasteiger partial charge in [-0.05, 0) is 12.8 Å². The lowest BCUT2D eigenvalue weighted by molar-refractivity contribution is -0.146. The van der Waals surface area contributed by atoms with Gasteiger partial charge in [0.1, 0.15) is 0 Å². The second-order valence-corrected chi connectivity index (χ2v) is 7.28. The van der Waals surface area contributed by atoms with E-state index < -0.39 is 0 Å². The number of carbonyl (C=O) groups is 3. The van der Waals surface area contributed by atoms with E-state index >= 15 is 0 Å². The van der Waals surface area contributed by atoms with E-state index in [0.29, 0.717) is 39.3 Å². The predicted octanol–water partition coefficient (Wildman–Crippen LogP) is 0.572. The van der Waals surface area contributed by atoms with Crippen LogP contribution in [0.3, 0.4) is 0 Å². The zero-order valence-electron chi connectivity index (χ0n) is 13.9. The Morgan fingerprint density at radius 3 is 1.91 bits per heavy atom. The Bertz CT molecular complexity index is 428. The first-order valence-corrected chi connectivity index (χ1v) is 8.10. The molecule has 0 spiro atoms. The summed E-state index contributed by atoms with van der Waals surface area (Å²) in [7, 11) is 0. The smallest absolute Gasteiger partial charge is 0.227 e. The third-order valence-corrected chi connectivity index (χ3v) is 4.55. The predicted molar refractivity (Wildman–Crippen MR) is 83.0 cm³/mol. The molecule has 2 fully saturated rings. The van der Waals surface area contributed by atoms with Gasteiger partial charge in [-0.1, -0.05) is 20.8 Å². The maximum Gasteiger partial charge on any atom is 0.227 e. The van der Waals surface area contributed by atoms with Crippen LogP contribution in [0.2, 0.25) is 0 Å². The van der Waals surface area contributed by atoms with Gasteiger partial charge in [0.25, 0.3) is 0 Å². The molecule has 0 radical (unpaired) electrons. The molecule has 2 rings (SSSR count). The highest BCUT2D eigenvalue weighted by Gasteiger charge is 2.34. The normalized spacial score (nSPS) is 21.0. The summed E-state index contributed by atoms with van der Waals surface area (Å²) >= 11 is 0. The zero-order chi connectivity index (χ0) is 16.3. The number of hydrogen-bond donors (Lipinski definition) is 0. The SMILES string of the molecule is CC(C)(C)C(=O)N1CCC(C(=O)N2CCN(C=O)CC2)CC1. The third-order valence-electron chi connectivity index (χ3n) is 4.55. The minimum Gasteiger partial charge on any atom is -0.342 e. The summed E-state index contributed by atoms with van der Waals surface area (Å²) < 4.78 is 0. The number of likely N-dealkylation sites (tertiary alicyclic amines) is 1. The van der Waals surface area contributed by atoms with Gasteiger partial charge in [-0.3, -0.25) is 14.4 Å². The number of nitrogens with zero attached hydrogens (tertiary/aromatic N) is 3. The second kappa shape index (κ2) is 6.67. The summed E-state index contributed by atoms with van der Waals surface area (Å²) in [5.74, 6) is 0.373. The van der Waals surface area contributed by atoms with Gasteiger partial charge >= 0.3 is 0 Å². The average Bonchev–Trinajstić information content (AvgIpc) is 2.53. The molecule has 0 atom stereocenters. The highest BCUT2D eigenvalue weighted by molar-refractivity contribution is 5.83. The number of amides is 3. The Labute approximate surface area is 132 Å². The molecule has 0 aliphatic carbocycles. The highest BCUT2D eigenvalue weighted by Crippen LogP contribution is 2.25. The van der Waals surface area contributed by atoms with E-state index in [1.807, 2.05) is 30.6 Å². The summed E-state index contributed by atoms with van der Waals surface area (Å²) in [6.07, 6.45) is 2.33. The quantitative estimate of drug-likeness (QED) is 0.701. The van der Waals surface area contributed by atoms with Crippen molar-refractivity contribution in [3.05, 3.63) is 0 Å². The van der Waals surface area contributed by atoms with Gasteiger partial charge in [-0.25, -0.2) is 0 Å². The van der Waals surface area contributed by atoms with Crippen LogP contribution in [0.5, 0.6) is 0 Å². The van der Waals surface area contributed by atoms with Crippen molar-refractivity contribution in [1.29, 1.82) is 0 Å². The molecule has 0 saturated carbocycles. The summed E-state index contributed by atoms with van der Waals surface area (Å²) in [6, 6.07) is 0. The molecular formula is C16H27N3O3. The van der Waals surface area contributed by atoms with Crippen LogP contribution in [-0.4, -0.2) is 72.2 Å². The Kier molecular flexibility index (Phi) is 5.08. The van der Waals surface area contributed by atoms with Gasteiger partial charge in [0.15, 0.2) is 0 Å². The van der Waals surface area contributed by atoms with Crippen molar-refractivity contribution in [3.8, 4) is 0 Å². The van der Waals surface area contributed by atoms with Gasteiger partial charge in [-0.2, -0.15) is 0 Å². The lowest BCUT2D eigenvalue weighted by Gasteiger charge is -2.38. The maximum absolute atomic E-state index is 12.5. The van der Waals surface area contributed by atoms with E-state index in [4.69, 9.17) is 0 Å². The molecule has 2 aliphatic heterocycles. The lowest BCUT2D eigenvalue weighted by Crippen LogP contribution is -2.52. The lowest BCUT2D eigenvalue weighted by atomic mass is 9.90. The van der Waals surface area contributed by atoms with E-state index in [1.165, 1.54) is 0 Å². The zero-order valence-corrected chi connectivity index (χ0v) is 13.9. The monoisotopic (exact) mass is 309 g/mol. The van der Waals surface area contributed by atoms with Gasteiger partial charge in [0.05, 0.1) is 0 Å². The summed E-state index contributed by atoms with van der Waals surface area (Å²) in [6.45, 7) is 9.61. The molecule has 2 heterocycles. The van der Waals surface area contributed by atoms with Crippen LogP contribution < -0.4 is 0 Å². The molecule has 0 bridgehead atoms. The van der Waals surface area contributed by atoms with Gasteiger partial charge in [0, 0.05) is 50.6 Å². The molecule has 22 heavy (non-hydrogen) atoms. The molecule has 0 unspecified atom stereocenters. The molecule has 2 aliphatic rings. The number of piperidine rings is 1. The van der Waals surface area contributed by atoms with Crippen LogP contribution in [0.4, 0.5) is 0 Å². The Morgan fingerprint density at radius 2 is 1.45 bits per heavy atom. The largest absolute Gasteiger partial charge is 0.342 e. The van der Waals surface area contributed by atoms with E-state index in [0.717, 1.165) is 19.3 Å². The second-order valence-electron chi connectivity index (χ2n) is 7.28. The van der Waals surface area contributed by atoms with Crippen molar-refractivity contribution >= 4 is 18.2 Å². The summed E-state index contributed by atoms with van der Waals surface area (Å²) in [4.78, 5) is 41.0. The van der Waals surface area contributed by atoms with Crippen molar-refractivity contribution in [2.24, 2.45) is 11.3 Å². The average molecular weight is 309 g/mol. The van der Waals surface area contributed by atoms with Crippen molar-refractivity contribution in [3.63, 3.8) is 0 Å². The molecule has 124 valence electrons. The summed E-state index contributed by atoms with van der Waals surface area (Å²) in [5, 5.41) is 0. The number of hydrogen-bond acceptors (Lipinski definition) is 3. The number of rotatable bonds is 2. The van der Waals surface area contributed by atoms with E-state index in [9.17, 15) is 14.4 Å².